The van der Waals surface area contributed by atoms with Crippen LogP contribution >= 0.6 is 0 Å². The fourth-order valence-electron chi connectivity index (χ4n) is 1.61. The molecule has 0 aliphatic carbocycles. The minimum Gasteiger partial charge on any atom is -0.543 e. The summed E-state index contributed by atoms with van der Waals surface area (Å²) < 4.78 is 6.39. The van der Waals surface area contributed by atoms with E-state index in [0.717, 1.165) is 16.5 Å². The zero-order chi connectivity index (χ0) is 13.4. The molecule has 0 saturated carbocycles. The Kier molecular flexibility index (Phi) is 3.19. The Morgan fingerprint density at radius 3 is 2.50 bits per heavy atom. The molecule has 1 heterocycles. The number of hydrogen-bond acceptors (Lipinski definition) is 2. The molecule has 2 rings (SSSR count). The highest BCUT2D eigenvalue weighted by atomic mass is 28.4. The van der Waals surface area contributed by atoms with Crippen LogP contribution in [0.25, 0.3) is 10.8 Å². The highest BCUT2D eigenvalue weighted by Gasteiger charge is 2.39. The topological polar surface area (TPSA) is 22.1 Å². The van der Waals surface area contributed by atoms with E-state index in [1.54, 1.807) is 0 Å². The lowest BCUT2D eigenvalue weighted by atomic mass is 10.2. The average molecular weight is 259 g/mol. The lowest BCUT2D eigenvalue weighted by Gasteiger charge is -2.36. The van der Waals surface area contributed by atoms with Crippen molar-refractivity contribution >= 4 is 19.1 Å². The Morgan fingerprint density at radius 1 is 1.11 bits per heavy atom. The molecule has 2 aromatic rings. The maximum atomic E-state index is 6.39. The summed E-state index contributed by atoms with van der Waals surface area (Å²) in [5, 5.41) is 2.49. The van der Waals surface area contributed by atoms with Crippen molar-refractivity contribution < 1.29 is 4.43 Å². The van der Waals surface area contributed by atoms with Gasteiger partial charge >= 0.3 is 0 Å². The number of aromatic nitrogens is 1. The van der Waals surface area contributed by atoms with E-state index in [-0.39, 0.29) is 5.04 Å². The van der Waals surface area contributed by atoms with Crippen molar-refractivity contribution in [3.8, 4) is 5.75 Å². The highest BCUT2D eigenvalue weighted by Crippen LogP contribution is 2.38. The maximum Gasteiger partial charge on any atom is 0.250 e. The molecule has 96 valence electrons. The summed E-state index contributed by atoms with van der Waals surface area (Å²) >= 11 is 0. The van der Waals surface area contributed by atoms with E-state index in [4.69, 9.17) is 4.43 Å². The minimum absolute atomic E-state index is 0.211. The number of nitrogens with zero attached hydrogens (tertiary/aromatic N) is 1. The number of pyridine rings is 1. The van der Waals surface area contributed by atoms with E-state index in [2.05, 4.69) is 51.0 Å². The van der Waals surface area contributed by atoms with Crippen LogP contribution in [0.5, 0.6) is 5.75 Å². The molecular formula is C15H21NOSi. The minimum atomic E-state index is -1.78. The Labute approximate surface area is 110 Å². The number of benzene rings is 1. The van der Waals surface area contributed by atoms with Crippen LogP contribution in [0.2, 0.25) is 18.1 Å². The molecule has 0 spiro atoms. The van der Waals surface area contributed by atoms with Gasteiger partial charge in [0.1, 0.15) is 5.75 Å². The Hall–Kier alpha value is -1.35. The number of fused-ring (bicyclic) bond motifs is 1. The van der Waals surface area contributed by atoms with Crippen LogP contribution in [0.3, 0.4) is 0 Å². The van der Waals surface area contributed by atoms with Crippen LogP contribution in [0.1, 0.15) is 20.8 Å². The summed E-state index contributed by atoms with van der Waals surface area (Å²) in [6, 6.07) is 8.19. The Morgan fingerprint density at radius 2 is 1.83 bits per heavy atom. The molecule has 0 fully saturated rings. The first-order valence-corrected chi connectivity index (χ1v) is 9.24. The van der Waals surface area contributed by atoms with Gasteiger partial charge in [0, 0.05) is 23.2 Å². The van der Waals surface area contributed by atoms with Crippen LogP contribution in [-0.2, 0) is 0 Å². The van der Waals surface area contributed by atoms with E-state index in [1.807, 2.05) is 24.5 Å². The fourth-order valence-corrected chi connectivity index (χ4v) is 2.64. The third kappa shape index (κ3) is 2.41. The first-order valence-electron chi connectivity index (χ1n) is 6.33. The number of hydrogen-bond donors (Lipinski definition) is 0. The van der Waals surface area contributed by atoms with Gasteiger partial charge in [-0.2, -0.15) is 0 Å². The molecular weight excluding hydrogens is 238 g/mol. The molecule has 0 aliphatic rings. The van der Waals surface area contributed by atoms with Crippen LogP contribution in [-0.4, -0.2) is 13.3 Å². The van der Waals surface area contributed by atoms with Crippen LogP contribution in [0.15, 0.2) is 36.7 Å². The van der Waals surface area contributed by atoms with Crippen molar-refractivity contribution in [1.29, 1.82) is 0 Å². The van der Waals surface area contributed by atoms with Crippen molar-refractivity contribution in [2.75, 3.05) is 0 Å². The molecule has 0 bridgehead atoms. The van der Waals surface area contributed by atoms with Crippen molar-refractivity contribution in [1.82, 2.24) is 4.98 Å². The summed E-state index contributed by atoms with van der Waals surface area (Å²) in [7, 11) is -1.78. The van der Waals surface area contributed by atoms with Crippen molar-refractivity contribution in [2.24, 2.45) is 0 Å². The predicted octanol–water partition coefficient (Wildman–Crippen LogP) is 4.62. The lowest BCUT2D eigenvalue weighted by Crippen LogP contribution is -2.43. The summed E-state index contributed by atoms with van der Waals surface area (Å²) in [5.74, 6) is 0.987. The maximum absolute atomic E-state index is 6.39. The van der Waals surface area contributed by atoms with Crippen molar-refractivity contribution in [3.05, 3.63) is 36.7 Å². The molecule has 2 nitrogen and oxygen atoms in total. The summed E-state index contributed by atoms with van der Waals surface area (Å²) in [5.41, 5.74) is 0. The number of rotatable bonds is 2. The molecule has 0 amide bonds. The van der Waals surface area contributed by atoms with E-state index >= 15 is 0 Å². The van der Waals surface area contributed by atoms with Crippen molar-refractivity contribution in [3.63, 3.8) is 0 Å². The first-order chi connectivity index (χ1) is 8.31. The third-order valence-electron chi connectivity index (χ3n) is 3.81. The van der Waals surface area contributed by atoms with Gasteiger partial charge in [0.25, 0.3) is 8.32 Å². The van der Waals surface area contributed by atoms with E-state index in [9.17, 15) is 0 Å². The first kappa shape index (κ1) is 13.1. The van der Waals surface area contributed by atoms with Gasteiger partial charge in [-0.05, 0) is 30.3 Å². The molecule has 0 atom stereocenters. The normalized spacial score (nSPS) is 12.7. The summed E-state index contributed by atoms with van der Waals surface area (Å²) in [6.07, 6.45) is 3.70. The van der Waals surface area contributed by atoms with Crippen LogP contribution < -0.4 is 4.43 Å². The Bertz CT molecular complexity index is 552. The molecule has 0 radical (unpaired) electrons. The summed E-state index contributed by atoms with van der Waals surface area (Å²) in [6.45, 7) is 11.3. The lowest BCUT2D eigenvalue weighted by molar-refractivity contribution is 0.496. The Balaban J connectivity index is 2.44. The van der Waals surface area contributed by atoms with E-state index in [0.29, 0.717) is 0 Å². The molecule has 1 aromatic carbocycles. The van der Waals surface area contributed by atoms with E-state index in [1.165, 1.54) is 0 Å². The van der Waals surface area contributed by atoms with Gasteiger partial charge in [0.2, 0.25) is 0 Å². The monoisotopic (exact) mass is 259 g/mol. The molecule has 0 unspecified atom stereocenters. The molecule has 1 aromatic heterocycles. The zero-order valence-electron chi connectivity index (χ0n) is 11.8. The van der Waals surface area contributed by atoms with Crippen LogP contribution in [0.4, 0.5) is 0 Å². The quantitative estimate of drug-likeness (QED) is 0.734. The van der Waals surface area contributed by atoms with Gasteiger partial charge in [0.15, 0.2) is 0 Å². The van der Waals surface area contributed by atoms with Gasteiger partial charge < -0.3 is 4.43 Å². The van der Waals surface area contributed by atoms with Gasteiger partial charge in [-0.15, -0.1) is 0 Å². The fraction of sp³-hybridized carbons (Fsp3) is 0.400. The third-order valence-corrected chi connectivity index (χ3v) is 8.15. The molecule has 0 aliphatic heterocycles. The molecule has 3 heteroatoms. The van der Waals surface area contributed by atoms with Gasteiger partial charge in [0.05, 0.1) is 0 Å². The molecule has 0 saturated heterocycles. The van der Waals surface area contributed by atoms with E-state index < -0.39 is 8.32 Å². The van der Waals surface area contributed by atoms with Crippen molar-refractivity contribution in [2.45, 2.75) is 38.9 Å². The standard InChI is InChI=1S/C15H21NOSi/c1-15(2,3)18(4,5)17-14-8-6-7-12-11-16-10-9-13(12)14/h6-11H,1-5H3. The van der Waals surface area contributed by atoms with Gasteiger partial charge in [-0.25, -0.2) is 0 Å². The largest absolute Gasteiger partial charge is 0.543 e. The van der Waals surface area contributed by atoms with Gasteiger partial charge in [-0.1, -0.05) is 32.9 Å². The highest BCUT2D eigenvalue weighted by molar-refractivity contribution is 6.74. The SMILES string of the molecule is CC(C)(C)[Si](C)(C)Oc1cccc2cnccc12. The van der Waals surface area contributed by atoms with Crippen LogP contribution in [0, 0.1) is 0 Å². The average Bonchev–Trinajstić information content (AvgIpc) is 2.27. The predicted molar refractivity (Wildman–Crippen MR) is 79.6 cm³/mol. The molecule has 18 heavy (non-hydrogen) atoms. The zero-order valence-corrected chi connectivity index (χ0v) is 12.8. The molecule has 0 N–H and O–H groups in total. The van der Waals surface area contributed by atoms with Gasteiger partial charge in [-0.3, -0.25) is 4.98 Å². The second-order valence-corrected chi connectivity index (χ2v) is 10.9. The smallest absolute Gasteiger partial charge is 0.250 e. The second kappa shape index (κ2) is 4.39. The summed E-state index contributed by atoms with van der Waals surface area (Å²) in [4.78, 5) is 4.15. The second-order valence-electron chi connectivity index (χ2n) is 6.22.